The number of nitrogens with one attached hydrogen (secondary N) is 1. The van der Waals surface area contributed by atoms with Gasteiger partial charge in [-0.15, -0.1) is 0 Å². The summed E-state index contributed by atoms with van der Waals surface area (Å²) in [4.78, 5) is 10.8. The number of ether oxygens (including phenoxy) is 2. The van der Waals surface area contributed by atoms with Crippen LogP contribution in [0, 0.1) is 0 Å². The summed E-state index contributed by atoms with van der Waals surface area (Å²) in [6.07, 6.45) is 7.36. The lowest BCUT2D eigenvalue weighted by Gasteiger charge is -2.35. The molecule has 2 fully saturated rings. The Balaban J connectivity index is 1.51. The van der Waals surface area contributed by atoms with Gasteiger partial charge >= 0.3 is 0 Å². The highest BCUT2D eigenvalue weighted by molar-refractivity contribution is 5.73. The van der Waals surface area contributed by atoms with Gasteiger partial charge in [0.15, 0.2) is 5.79 Å². The first-order valence-corrected chi connectivity index (χ1v) is 7.00. The number of aromatic nitrogens is 2. The van der Waals surface area contributed by atoms with Crippen molar-refractivity contribution in [3.8, 4) is 0 Å². The summed E-state index contributed by atoms with van der Waals surface area (Å²) >= 11 is 0. The van der Waals surface area contributed by atoms with E-state index in [4.69, 9.17) is 15.2 Å². The molecular formula is C13H20N4O3. The lowest BCUT2D eigenvalue weighted by molar-refractivity contribution is -0.177. The van der Waals surface area contributed by atoms with Gasteiger partial charge in [-0.05, 0) is 12.8 Å². The molecule has 0 bridgehead atoms. The fourth-order valence-corrected chi connectivity index (χ4v) is 2.91. The average molecular weight is 280 g/mol. The maximum atomic E-state index is 10.8. The summed E-state index contributed by atoms with van der Waals surface area (Å²) in [5, 5.41) is 7.53. The number of rotatable bonds is 4. The number of nitrogens with zero attached hydrogens (tertiary/aromatic N) is 2. The zero-order chi connectivity index (χ0) is 14.0. The Labute approximate surface area is 117 Å². The van der Waals surface area contributed by atoms with Crippen LogP contribution in [0.3, 0.4) is 0 Å². The molecule has 1 aromatic rings. The molecule has 1 spiro atoms. The number of carbonyl (C=O) groups is 1. The first-order chi connectivity index (χ1) is 9.65. The Hall–Kier alpha value is -1.60. The van der Waals surface area contributed by atoms with Gasteiger partial charge in [0.05, 0.1) is 25.1 Å². The lowest BCUT2D eigenvalue weighted by Crippen LogP contribution is -2.39. The predicted octanol–water partition coefficient (Wildman–Crippen LogP) is 0.466. The van der Waals surface area contributed by atoms with Gasteiger partial charge < -0.3 is 20.5 Å². The fourth-order valence-electron chi connectivity index (χ4n) is 2.91. The second-order valence-electron chi connectivity index (χ2n) is 5.42. The van der Waals surface area contributed by atoms with Crippen molar-refractivity contribution in [2.75, 3.05) is 18.5 Å². The van der Waals surface area contributed by atoms with E-state index >= 15 is 0 Å². The highest BCUT2D eigenvalue weighted by Crippen LogP contribution is 2.36. The molecule has 2 heterocycles. The zero-order valence-corrected chi connectivity index (χ0v) is 11.4. The highest BCUT2D eigenvalue weighted by Gasteiger charge is 2.40. The number of hydrogen-bond acceptors (Lipinski definition) is 5. The van der Waals surface area contributed by atoms with Crippen LogP contribution in [0.5, 0.6) is 0 Å². The van der Waals surface area contributed by atoms with E-state index in [0.717, 1.165) is 31.4 Å². The van der Waals surface area contributed by atoms with Gasteiger partial charge in [0, 0.05) is 25.1 Å². The molecule has 7 nitrogen and oxygen atoms in total. The van der Waals surface area contributed by atoms with E-state index in [1.54, 1.807) is 12.4 Å². The van der Waals surface area contributed by atoms with E-state index in [1.165, 1.54) is 4.68 Å². The Morgan fingerprint density at radius 2 is 2.15 bits per heavy atom. The first-order valence-electron chi connectivity index (χ1n) is 7.00. The lowest BCUT2D eigenvalue weighted by atomic mass is 9.90. The van der Waals surface area contributed by atoms with Crippen LogP contribution >= 0.6 is 0 Å². The van der Waals surface area contributed by atoms with E-state index in [2.05, 4.69) is 10.4 Å². The molecule has 1 amide bonds. The Morgan fingerprint density at radius 1 is 1.45 bits per heavy atom. The molecule has 110 valence electrons. The number of hydrogen-bond donors (Lipinski definition) is 2. The SMILES string of the molecule is NC(=O)Cn1cc(NC2CCC3(CC2)OCCO3)cn1. The summed E-state index contributed by atoms with van der Waals surface area (Å²) in [6.45, 7) is 1.52. The summed E-state index contributed by atoms with van der Waals surface area (Å²) in [5.74, 6) is -0.719. The summed E-state index contributed by atoms with van der Waals surface area (Å²) in [6, 6.07) is 0.389. The monoisotopic (exact) mass is 280 g/mol. The van der Waals surface area contributed by atoms with Crippen molar-refractivity contribution in [1.82, 2.24) is 9.78 Å². The Kier molecular flexibility index (Phi) is 3.62. The third kappa shape index (κ3) is 2.94. The first kappa shape index (κ1) is 13.4. The number of carbonyl (C=O) groups excluding carboxylic acids is 1. The molecule has 0 unspecified atom stereocenters. The minimum atomic E-state index is -0.394. The maximum absolute atomic E-state index is 10.8. The van der Waals surface area contributed by atoms with E-state index in [-0.39, 0.29) is 12.3 Å². The molecule has 1 saturated heterocycles. The zero-order valence-electron chi connectivity index (χ0n) is 11.4. The quantitative estimate of drug-likeness (QED) is 0.836. The number of amides is 1. The Morgan fingerprint density at radius 3 is 2.80 bits per heavy atom. The third-order valence-electron chi connectivity index (χ3n) is 3.88. The molecular weight excluding hydrogens is 260 g/mol. The molecule has 20 heavy (non-hydrogen) atoms. The fraction of sp³-hybridized carbons (Fsp3) is 0.692. The van der Waals surface area contributed by atoms with E-state index in [1.807, 2.05) is 0 Å². The van der Waals surface area contributed by atoms with Crippen LogP contribution < -0.4 is 11.1 Å². The minimum Gasteiger partial charge on any atom is -0.380 e. The van der Waals surface area contributed by atoms with E-state index < -0.39 is 5.91 Å². The molecule has 0 aromatic carbocycles. The van der Waals surface area contributed by atoms with Crippen LogP contribution in [-0.4, -0.2) is 40.7 Å². The van der Waals surface area contributed by atoms with Crippen LogP contribution in [0.25, 0.3) is 0 Å². The molecule has 1 aliphatic carbocycles. The third-order valence-corrected chi connectivity index (χ3v) is 3.88. The molecule has 3 rings (SSSR count). The molecule has 3 N–H and O–H groups in total. The summed E-state index contributed by atoms with van der Waals surface area (Å²) < 4.78 is 13.0. The van der Waals surface area contributed by atoms with Gasteiger partial charge in [0.1, 0.15) is 6.54 Å². The second-order valence-corrected chi connectivity index (χ2v) is 5.42. The van der Waals surface area contributed by atoms with Crippen molar-refractivity contribution < 1.29 is 14.3 Å². The number of primary amides is 1. The smallest absolute Gasteiger partial charge is 0.239 e. The van der Waals surface area contributed by atoms with Crippen LogP contribution in [0.15, 0.2) is 12.4 Å². The van der Waals surface area contributed by atoms with Gasteiger partial charge in [0.2, 0.25) is 5.91 Å². The van der Waals surface area contributed by atoms with Crippen molar-refractivity contribution in [1.29, 1.82) is 0 Å². The van der Waals surface area contributed by atoms with Crippen molar-refractivity contribution in [2.45, 2.75) is 44.1 Å². The standard InChI is InChI=1S/C13H20N4O3/c14-12(18)9-17-8-11(7-15-17)16-10-1-3-13(4-2-10)19-5-6-20-13/h7-8,10,16H,1-6,9H2,(H2,14,18). The van der Waals surface area contributed by atoms with Crippen molar-refractivity contribution in [2.24, 2.45) is 5.73 Å². The second kappa shape index (κ2) is 5.41. The molecule has 1 aromatic heterocycles. The van der Waals surface area contributed by atoms with Crippen molar-refractivity contribution >= 4 is 11.6 Å². The molecule has 0 atom stereocenters. The van der Waals surface area contributed by atoms with Crippen LogP contribution in [-0.2, 0) is 20.8 Å². The van der Waals surface area contributed by atoms with Crippen molar-refractivity contribution in [3.63, 3.8) is 0 Å². The topological polar surface area (TPSA) is 91.4 Å². The Bertz CT molecular complexity index is 472. The summed E-state index contributed by atoms with van der Waals surface area (Å²) in [5.41, 5.74) is 6.05. The van der Waals surface area contributed by atoms with Gasteiger partial charge in [-0.3, -0.25) is 9.48 Å². The minimum absolute atomic E-state index is 0.108. The predicted molar refractivity (Wildman–Crippen MR) is 71.9 cm³/mol. The summed E-state index contributed by atoms with van der Waals surface area (Å²) in [7, 11) is 0. The van der Waals surface area contributed by atoms with Crippen molar-refractivity contribution in [3.05, 3.63) is 12.4 Å². The van der Waals surface area contributed by atoms with Gasteiger partial charge in [-0.1, -0.05) is 0 Å². The largest absolute Gasteiger partial charge is 0.380 e. The van der Waals surface area contributed by atoms with Crippen LogP contribution in [0.2, 0.25) is 0 Å². The van der Waals surface area contributed by atoms with Crippen LogP contribution in [0.4, 0.5) is 5.69 Å². The van der Waals surface area contributed by atoms with E-state index in [9.17, 15) is 4.79 Å². The van der Waals surface area contributed by atoms with Gasteiger partial charge in [0.25, 0.3) is 0 Å². The van der Waals surface area contributed by atoms with Gasteiger partial charge in [-0.25, -0.2) is 0 Å². The normalized spacial score (nSPS) is 22.2. The molecule has 0 radical (unpaired) electrons. The molecule has 2 aliphatic rings. The van der Waals surface area contributed by atoms with Gasteiger partial charge in [-0.2, -0.15) is 5.10 Å². The number of nitrogens with two attached hydrogens (primary N) is 1. The molecule has 1 saturated carbocycles. The van der Waals surface area contributed by atoms with E-state index in [0.29, 0.717) is 19.3 Å². The van der Waals surface area contributed by atoms with Crippen LogP contribution in [0.1, 0.15) is 25.7 Å². The number of anilines is 1. The molecule has 1 aliphatic heterocycles. The highest BCUT2D eigenvalue weighted by atomic mass is 16.7. The average Bonchev–Trinajstić information content (AvgIpc) is 3.02. The molecule has 7 heteroatoms. The maximum Gasteiger partial charge on any atom is 0.239 e.